The molecule has 0 amide bonds. The highest BCUT2D eigenvalue weighted by atomic mass is 14.9. The Bertz CT molecular complexity index is 1270. The Hall–Kier alpha value is -4.37. The smallest absolute Gasteiger partial charge is 0.133 e. The van der Waals surface area contributed by atoms with E-state index in [-0.39, 0.29) is 0 Å². The first-order valence-electron chi connectivity index (χ1n) is 13.3. The Morgan fingerprint density at radius 1 is 0.923 bits per heavy atom. The van der Waals surface area contributed by atoms with Crippen LogP contribution in [0.3, 0.4) is 0 Å². The summed E-state index contributed by atoms with van der Waals surface area (Å²) in [7, 11) is 0. The van der Waals surface area contributed by atoms with Crippen LogP contribution in [0.2, 0.25) is 0 Å². The first-order chi connectivity index (χ1) is 18.8. The summed E-state index contributed by atoms with van der Waals surface area (Å²) in [6.07, 6.45) is 8.97. The van der Waals surface area contributed by atoms with E-state index in [0.29, 0.717) is 5.84 Å². The number of nitrogens with two attached hydrogens (primary N) is 1. The molecular formula is C36H43N3. The van der Waals surface area contributed by atoms with Gasteiger partial charge in [0.2, 0.25) is 0 Å². The fraction of sp³-hybridized carbons (Fsp3) is 0.194. The van der Waals surface area contributed by atoms with E-state index in [2.05, 4.69) is 86.6 Å². The summed E-state index contributed by atoms with van der Waals surface area (Å²) in [5.74, 6) is 0.542. The van der Waals surface area contributed by atoms with Crippen LogP contribution < -0.4 is 11.1 Å². The van der Waals surface area contributed by atoms with Crippen molar-refractivity contribution in [2.45, 2.75) is 39.7 Å². The molecule has 0 atom stereocenters. The third kappa shape index (κ3) is 8.86. The standard InChI is InChI=1S/C18H20N2.C18H23N/c1-14(2)18(20-15(3)19,16-10-6-4-7-11-16)17-12-8-5-9-13-17;1-5-8-10-17(7-3)14-19-15(4)18-12-9-11-16(6-2)13-18/h4-13H,1H2,2-3H3,(H2,19,20);5,7-13,19H,3-4,6,14H2,1-2H3/b;8-5-,17-10+. The van der Waals surface area contributed by atoms with Gasteiger partial charge in [-0.15, -0.1) is 0 Å². The number of hydrogen-bond acceptors (Lipinski definition) is 2. The molecule has 0 spiro atoms. The van der Waals surface area contributed by atoms with E-state index in [1.165, 1.54) is 5.56 Å². The molecule has 3 aromatic rings. The molecule has 0 aromatic heterocycles. The number of amidine groups is 1. The normalized spacial score (nSPS) is 11.9. The number of allylic oxidation sites excluding steroid dienone is 3. The number of rotatable bonds is 11. The summed E-state index contributed by atoms with van der Waals surface area (Å²) in [6, 6.07) is 28.8. The van der Waals surface area contributed by atoms with Crippen LogP contribution in [-0.2, 0) is 12.0 Å². The Morgan fingerprint density at radius 3 is 1.97 bits per heavy atom. The van der Waals surface area contributed by atoms with Crippen molar-refractivity contribution < 1.29 is 0 Å². The van der Waals surface area contributed by atoms with Gasteiger partial charge in [0.1, 0.15) is 5.54 Å². The summed E-state index contributed by atoms with van der Waals surface area (Å²) < 4.78 is 0. The fourth-order valence-electron chi connectivity index (χ4n) is 4.22. The minimum Gasteiger partial charge on any atom is -0.388 e. The molecule has 0 radical (unpaired) electrons. The first-order valence-corrected chi connectivity index (χ1v) is 13.3. The van der Waals surface area contributed by atoms with Crippen molar-refractivity contribution in [3.05, 3.63) is 162 Å². The minimum atomic E-state index is -0.624. The number of aliphatic imine (C=N–C) groups is 1. The van der Waals surface area contributed by atoms with Gasteiger partial charge < -0.3 is 11.1 Å². The molecule has 3 heteroatoms. The topological polar surface area (TPSA) is 50.4 Å². The molecule has 202 valence electrons. The molecule has 3 rings (SSSR count). The van der Waals surface area contributed by atoms with Crippen LogP contribution in [0.1, 0.15) is 49.9 Å². The summed E-state index contributed by atoms with van der Waals surface area (Å²) in [5.41, 5.74) is 12.9. The largest absolute Gasteiger partial charge is 0.388 e. The van der Waals surface area contributed by atoms with E-state index < -0.39 is 5.54 Å². The van der Waals surface area contributed by atoms with Gasteiger partial charge in [-0.05, 0) is 66.7 Å². The molecule has 0 aliphatic heterocycles. The van der Waals surface area contributed by atoms with Gasteiger partial charge in [0.25, 0.3) is 0 Å². The molecule has 3 nitrogen and oxygen atoms in total. The molecule has 3 N–H and O–H groups in total. The van der Waals surface area contributed by atoms with Gasteiger partial charge in [0, 0.05) is 12.2 Å². The van der Waals surface area contributed by atoms with Crippen LogP contribution in [0, 0.1) is 0 Å². The zero-order chi connectivity index (χ0) is 28.7. The van der Waals surface area contributed by atoms with Crippen LogP contribution in [0.4, 0.5) is 0 Å². The molecule has 0 bridgehead atoms. The SMILES string of the molecule is C=C(C)C(N=C(C)N)(c1ccccc1)c1ccccc1.C=C/C(=C\C=C/C)CNC(=C)c1cccc(CC)c1. The van der Waals surface area contributed by atoms with Gasteiger partial charge in [0.05, 0.1) is 5.84 Å². The summed E-state index contributed by atoms with van der Waals surface area (Å²) >= 11 is 0. The summed E-state index contributed by atoms with van der Waals surface area (Å²) in [6.45, 7) is 20.8. The molecule has 0 unspecified atom stereocenters. The van der Waals surface area contributed by atoms with Crippen LogP contribution in [-0.4, -0.2) is 12.4 Å². The van der Waals surface area contributed by atoms with Gasteiger partial charge in [0.15, 0.2) is 0 Å². The highest BCUT2D eigenvalue weighted by Gasteiger charge is 2.34. The summed E-state index contributed by atoms with van der Waals surface area (Å²) in [5, 5.41) is 3.34. The highest BCUT2D eigenvalue weighted by Crippen LogP contribution is 2.39. The maximum absolute atomic E-state index is 5.90. The lowest BCUT2D eigenvalue weighted by Crippen LogP contribution is -2.29. The molecule has 39 heavy (non-hydrogen) atoms. The van der Waals surface area contributed by atoms with Crippen molar-refractivity contribution in [3.63, 3.8) is 0 Å². The molecule has 0 saturated carbocycles. The predicted octanol–water partition coefficient (Wildman–Crippen LogP) is 8.38. The number of hydrogen-bond donors (Lipinski definition) is 2. The van der Waals surface area contributed by atoms with Crippen LogP contribution in [0.25, 0.3) is 5.70 Å². The van der Waals surface area contributed by atoms with E-state index in [1.807, 2.05) is 75.4 Å². The van der Waals surface area contributed by atoms with Crippen molar-refractivity contribution in [1.29, 1.82) is 0 Å². The zero-order valence-corrected chi connectivity index (χ0v) is 24.0. The van der Waals surface area contributed by atoms with Crippen LogP contribution in [0.15, 0.2) is 145 Å². The van der Waals surface area contributed by atoms with Crippen LogP contribution >= 0.6 is 0 Å². The Balaban J connectivity index is 0.000000274. The fourth-order valence-corrected chi connectivity index (χ4v) is 4.22. The Morgan fingerprint density at radius 2 is 1.51 bits per heavy atom. The van der Waals surface area contributed by atoms with Crippen molar-refractivity contribution in [2.24, 2.45) is 10.7 Å². The van der Waals surface area contributed by atoms with Crippen molar-refractivity contribution in [1.82, 2.24) is 5.32 Å². The number of nitrogens with zero attached hydrogens (tertiary/aromatic N) is 1. The van der Waals surface area contributed by atoms with Gasteiger partial charge in [-0.3, -0.25) is 4.99 Å². The molecule has 0 aliphatic rings. The molecule has 3 aromatic carbocycles. The Kier molecular flexibility index (Phi) is 12.5. The molecule has 0 aliphatic carbocycles. The molecule has 0 heterocycles. The van der Waals surface area contributed by atoms with E-state index in [0.717, 1.165) is 46.5 Å². The van der Waals surface area contributed by atoms with Crippen molar-refractivity contribution >= 4 is 11.5 Å². The second kappa shape index (κ2) is 15.8. The highest BCUT2D eigenvalue weighted by molar-refractivity contribution is 5.79. The lowest BCUT2D eigenvalue weighted by atomic mass is 9.78. The quantitative estimate of drug-likeness (QED) is 0.116. The van der Waals surface area contributed by atoms with Gasteiger partial charge >= 0.3 is 0 Å². The Labute approximate surface area is 235 Å². The average molecular weight is 518 g/mol. The van der Waals surface area contributed by atoms with E-state index >= 15 is 0 Å². The molecule has 0 fully saturated rings. The van der Waals surface area contributed by atoms with Gasteiger partial charge in [-0.25, -0.2) is 0 Å². The monoisotopic (exact) mass is 517 g/mol. The predicted molar refractivity (Wildman–Crippen MR) is 172 cm³/mol. The van der Waals surface area contributed by atoms with Crippen molar-refractivity contribution in [2.75, 3.05) is 6.54 Å². The van der Waals surface area contributed by atoms with Gasteiger partial charge in [-0.1, -0.05) is 130 Å². The van der Waals surface area contributed by atoms with E-state index in [1.54, 1.807) is 0 Å². The van der Waals surface area contributed by atoms with Crippen molar-refractivity contribution in [3.8, 4) is 0 Å². The zero-order valence-electron chi connectivity index (χ0n) is 24.0. The van der Waals surface area contributed by atoms with E-state index in [4.69, 9.17) is 10.7 Å². The number of aryl methyl sites for hydroxylation is 1. The molecule has 0 saturated heterocycles. The minimum absolute atomic E-state index is 0.542. The lowest BCUT2D eigenvalue weighted by Gasteiger charge is -2.32. The second-order valence-corrected chi connectivity index (χ2v) is 9.33. The maximum Gasteiger partial charge on any atom is 0.133 e. The third-order valence-electron chi connectivity index (χ3n) is 6.30. The number of benzene rings is 3. The lowest BCUT2D eigenvalue weighted by molar-refractivity contribution is 0.640. The molecular weight excluding hydrogens is 474 g/mol. The van der Waals surface area contributed by atoms with Gasteiger partial charge in [-0.2, -0.15) is 0 Å². The average Bonchev–Trinajstić information content (AvgIpc) is 2.97. The van der Waals surface area contributed by atoms with Crippen LogP contribution in [0.5, 0.6) is 0 Å². The maximum atomic E-state index is 5.90. The first kappa shape index (κ1) is 30.9. The second-order valence-electron chi connectivity index (χ2n) is 9.33. The van der Waals surface area contributed by atoms with E-state index in [9.17, 15) is 0 Å². The summed E-state index contributed by atoms with van der Waals surface area (Å²) in [4.78, 5) is 4.74. The third-order valence-corrected chi connectivity index (χ3v) is 6.30. The number of nitrogens with one attached hydrogen (secondary N) is 1.